The van der Waals surface area contributed by atoms with Crippen LogP contribution in [0.1, 0.15) is 18.4 Å². The molecular formula is C14H19NO3S. The average molecular weight is 281 g/mol. The SMILES string of the molecule is Oc1cc2c(cc1CNCC1CCSCC1)OCO2. The van der Waals surface area contributed by atoms with Crippen LogP contribution in [0.15, 0.2) is 12.1 Å². The summed E-state index contributed by atoms with van der Waals surface area (Å²) in [5, 5.41) is 13.4. The van der Waals surface area contributed by atoms with E-state index in [4.69, 9.17) is 9.47 Å². The first kappa shape index (κ1) is 12.9. The van der Waals surface area contributed by atoms with Gasteiger partial charge in [-0.1, -0.05) is 0 Å². The molecule has 2 heterocycles. The van der Waals surface area contributed by atoms with Gasteiger partial charge in [-0.05, 0) is 42.9 Å². The van der Waals surface area contributed by atoms with Gasteiger partial charge < -0.3 is 19.9 Å². The van der Waals surface area contributed by atoms with Crippen molar-refractivity contribution in [2.24, 2.45) is 5.92 Å². The molecule has 0 atom stereocenters. The van der Waals surface area contributed by atoms with Crippen LogP contribution in [0.4, 0.5) is 0 Å². The zero-order valence-corrected chi connectivity index (χ0v) is 11.7. The summed E-state index contributed by atoms with van der Waals surface area (Å²) in [7, 11) is 0. The summed E-state index contributed by atoms with van der Waals surface area (Å²) in [6.07, 6.45) is 2.59. The van der Waals surface area contributed by atoms with Crippen LogP contribution in [0.2, 0.25) is 0 Å². The Balaban J connectivity index is 1.54. The molecular weight excluding hydrogens is 262 g/mol. The highest BCUT2D eigenvalue weighted by Gasteiger charge is 2.17. The Morgan fingerprint density at radius 1 is 1.21 bits per heavy atom. The number of hydrogen-bond donors (Lipinski definition) is 2. The highest BCUT2D eigenvalue weighted by molar-refractivity contribution is 7.99. The summed E-state index contributed by atoms with van der Waals surface area (Å²) in [4.78, 5) is 0. The number of aromatic hydroxyl groups is 1. The van der Waals surface area contributed by atoms with E-state index in [1.807, 2.05) is 17.8 Å². The maximum Gasteiger partial charge on any atom is 0.231 e. The molecule has 5 heteroatoms. The van der Waals surface area contributed by atoms with Crippen molar-refractivity contribution < 1.29 is 14.6 Å². The molecule has 0 spiro atoms. The maximum atomic E-state index is 9.93. The predicted octanol–water partition coefficient (Wildman–Crippen LogP) is 2.35. The highest BCUT2D eigenvalue weighted by atomic mass is 32.2. The largest absolute Gasteiger partial charge is 0.507 e. The number of thioether (sulfide) groups is 1. The lowest BCUT2D eigenvalue weighted by Crippen LogP contribution is -2.25. The fourth-order valence-electron chi connectivity index (χ4n) is 2.48. The van der Waals surface area contributed by atoms with E-state index in [1.165, 1.54) is 24.3 Å². The lowest BCUT2D eigenvalue weighted by molar-refractivity contribution is 0.174. The lowest BCUT2D eigenvalue weighted by atomic mass is 10.0. The normalized spacial score (nSPS) is 18.7. The third-order valence-electron chi connectivity index (χ3n) is 3.66. The third-order valence-corrected chi connectivity index (χ3v) is 4.71. The molecule has 4 nitrogen and oxygen atoms in total. The van der Waals surface area contributed by atoms with Crippen molar-refractivity contribution in [3.8, 4) is 17.2 Å². The number of phenols is 1. The minimum absolute atomic E-state index is 0.241. The minimum atomic E-state index is 0.241. The monoisotopic (exact) mass is 281 g/mol. The van der Waals surface area contributed by atoms with E-state index in [0.29, 0.717) is 12.3 Å². The lowest BCUT2D eigenvalue weighted by Gasteiger charge is -2.21. The van der Waals surface area contributed by atoms with E-state index in [-0.39, 0.29) is 12.5 Å². The van der Waals surface area contributed by atoms with Crippen LogP contribution in [0.25, 0.3) is 0 Å². The van der Waals surface area contributed by atoms with Gasteiger partial charge in [-0.25, -0.2) is 0 Å². The van der Waals surface area contributed by atoms with Gasteiger partial charge in [0, 0.05) is 18.2 Å². The molecule has 19 heavy (non-hydrogen) atoms. The van der Waals surface area contributed by atoms with Crippen LogP contribution in [0.5, 0.6) is 17.2 Å². The van der Waals surface area contributed by atoms with E-state index < -0.39 is 0 Å². The Labute approximate surface area is 117 Å². The topological polar surface area (TPSA) is 50.7 Å². The van der Waals surface area contributed by atoms with Crippen LogP contribution in [0, 0.1) is 5.92 Å². The first-order chi connectivity index (χ1) is 9.33. The van der Waals surface area contributed by atoms with Crippen molar-refractivity contribution >= 4 is 11.8 Å². The molecule has 3 rings (SSSR count). The number of phenolic OH excluding ortho intramolecular Hbond substituents is 1. The van der Waals surface area contributed by atoms with Gasteiger partial charge in [0.15, 0.2) is 11.5 Å². The van der Waals surface area contributed by atoms with Gasteiger partial charge in [0.25, 0.3) is 0 Å². The van der Waals surface area contributed by atoms with E-state index in [2.05, 4.69) is 5.32 Å². The second-order valence-electron chi connectivity index (χ2n) is 5.02. The summed E-state index contributed by atoms with van der Waals surface area (Å²) in [6, 6.07) is 3.50. The predicted molar refractivity (Wildman–Crippen MR) is 76.0 cm³/mol. The molecule has 1 fully saturated rings. The number of ether oxygens (including phenoxy) is 2. The van der Waals surface area contributed by atoms with Crippen molar-refractivity contribution in [2.45, 2.75) is 19.4 Å². The molecule has 1 aromatic rings. The molecule has 2 N–H and O–H groups in total. The Bertz CT molecular complexity index is 447. The van der Waals surface area contributed by atoms with Crippen molar-refractivity contribution in [3.63, 3.8) is 0 Å². The van der Waals surface area contributed by atoms with E-state index in [9.17, 15) is 5.11 Å². The molecule has 0 aromatic heterocycles. The Morgan fingerprint density at radius 2 is 1.95 bits per heavy atom. The van der Waals surface area contributed by atoms with Crippen LogP contribution >= 0.6 is 11.8 Å². The molecule has 0 radical (unpaired) electrons. The van der Waals surface area contributed by atoms with Gasteiger partial charge in [0.05, 0.1) is 0 Å². The van der Waals surface area contributed by atoms with Gasteiger partial charge >= 0.3 is 0 Å². The quantitative estimate of drug-likeness (QED) is 0.887. The van der Waals surface area contributed by atoms with Crippen LogP contribution in [-0.2, 0) is 6.54 Å². The molecule has 0 unspecified atom stereocenters. The molecule has 0 saturated carbocycles. The van der Waals surface area contributed by atoms with E-state index in [0.717, 1.165) is 23.8 Å². The summed E-state index contributed by atoms with van der Waals surface area (Å²) in [5.74, 6) is 4.96. The standard InChI is InChI=1S/C14H19NO3S/c16-12-6-14-13(17-9-18-14)5-11(12)8-15-7-10-1-3-19-4-2-10/h5-6,10,15-16H,1-4,7-9H2. The third kappa shape index (κ3) is 3.09. The highest BCUT2D eigenvalue weighted by Crippen LogP contribution is 2.37. The maximum absolute atomic E-state index is 9.93. The summed E-state index contributed by atoms with van der Waals surface area (Å²) in [6.45, 7) is 1.94. The zero-order valence-electron chi connectivity index (χ0n) is 10.9. The van der Waals surface area contributed by atoms with Gasteiger partial charge in [-0.15, -0.1) is 0 Å². The summed E-state index contributed by atoms with van der Waals surface area (Å²) < 4.78 is 10.6. The van der Waals surface area contributed by atoms with Gasteiger partial charge in [-0.3, -0.25) is 0 Å². The fourth-order valence-corrected chi connectivity index (χ4v) is 3.68. The van der Waals surface area contributed by atoms with Crippen LogP contribution < -0.4 is 14.8 Å². The number of nitrogens with one attached hydrogen (secondary N) is 1. The number of fused-ring (bicyclic) bond motifs is 1. The molecule has 104 valence electrons. The molecule has 2 aliphatic rings. The van der Waals surface area contributed by atoms with Crippen LogP contribution in [-0.4, -0.2) is 29.9 Å². The van der Waals surface area contributed by atoms with Crippen LogP contribution in [0.3, 0.4) is 0 Å². The second-order valence-corrected chi connectivity index (χ2v) is 6.25. The fraction of sp³-hybridized carbons (Fsp3) is 0.571. The van der Waals surface area contributed by atoms with E-state index >= 15 is 0 Å². The summed E-state index contributed by atoms with van der Waals surface area (Å²) >= 11 is 2.05. The van der Waals surface area contributed by atoms with Crippen molar-refractivity contribution in [2.75, 3.05) is 24.8 Å². The first-order valence-corrected chi connectivity index (χ1v) is 7.88. The summed E-state index contributed by atoms with van der Waals surface area (Å²) in [5.41, 5.74) is 0.870. The smallest absolute Gasteiger partial charge is 0.231 e. The van der Waals surface area contributed by atoms with Gasteiger partial charge in [0.2, 0.25) is 6.79 Å². The molecule has 0 aliphatic carbocycles. The van der Waals surface area contributed by atoms with Gasteiger partial charge in [0.1, 0.15) is 5.75 Å². The number of rotatable bonds is 4. The van der Waals surface area contributed by atoms with E-state index in [1.54, 1.807) is 6.07 Å². The number of benzene rings is 1. The molecule has 0 bridgehead atoms. The Kier molecular flexibility index (Phi) is 4.03. The Morgan fingerprint density at radius 3 is 2.74 bits per heavy atom. The second kappa shape index (κ2) is 5.92. The Hall–Kier alpha value is -1.07. The van der Waals surface area contributed by atoms with Crippen molar-refractivity contribution in [1.82, 2.24) is 5.32 Å². The first-order valence-electron chi connectivity index (χ1n) is 6.73. The average Bonchev–Trinajstić information content (AvgIpc) is 2.87. The van der Waals surface area contributed by atoms with Crippen molar-refractivity contribution in [3.05, 3.63) is 17.7 Å². The number of hydrogen-bond acceptors (Lipinski definition) is 5. The van der Waals surface area contributed by atoms with Crippen molar-refractivity contribution in [1.29, 1.82) is 0 Å². The minimum Gasteiger partial charge on any atom is -0.507 e. The molecule has 1 aromatic carbocycles. The molecule has 2 aliphatic heterocycles. The molecule has 0 amide bonds. The zero-order chi connectivity index (χ0) is 13.1. The van der Waals surface area contributed by atoms with Gasteiger partial charge in [-0.2, -0.15) is 11.8 Å². The molecule has 1 saturated heterocycles.